The van der Waals surface area contributed by atoms with Gasteiger partial charge < -0.3 is 10.0 Å². The van der Waals surface area contributed by atoms with Gasteiger partial charge in [-0.1, -0.05) is 18.9 Å². The zero-order valence-electron chi connectivity index (χ0n) is 12.5. The van der Waals surface area contributed by atoms with Crippen LogP contribution in [0, 0.1) is 5.92 Å². The Morgan fingerprint density at radius 3 is 2.57 bits per heavy atom. The van der Waals surface area contributed by atoms with Crippen LogP contribution in [0.2, 0.25) is 0 Å². The van der Waals surface area contributed by atoms with Crippen LogP contribution in [0.4, 0.5) is 4.79 Å². The van der Waals surface area contributed by atoms with E-state index in [1.807, 2.05) is 0 Å². The van der Waals surface area contributed by atoms with Gasteiger partial charge >= 0.3 is 6.09 Å². The largest absolute Gasteiger partial charge is 0.465 e. The third-order valence-electron chi connectivity index (χ3n) is 4.98. The number of aromatic nitrogens is 1. The van der Waals surface area contributed by atoms with Gasteiger partial charge in [0.05, 0.1) is 0 Å². The molecule has 2 heterocycles. The molecule has 0 aromatic carbocycles. The average molecular weight is 288 g/mol. The summed E-state index contributed by atoms with van der Waals surface area (Å²) in [5.41, 5.74) is 2.46. The number of hydrogen-bond acceptors (Lipinski definition) is 2. The van der Waals surface area contributed by atoms with Gasteiger partial charge in [0.25, 0.3) is 0 Å². The van der Waals surface area contributed by atoms with E-state index in [2.05, 4.69) is 18.2 Å². The summed E-state index contributed by atoms with van der Waals surface area (Å²) in [6.07, 6.45) is 7.38. The molecule has 1 N–H and O–H groups in total. The molecule has 0 atom stereocenters. The molecule has 2 fully saturated rings. The zero-order chi connectivity index (χ0) is 14.7. The van der Waals surface area contributed by atoms with E-state index < -0.39 is 6.09 Å². The van der Waals surface area contributed by atoms with E-state index >= 15 is 0 Å². The van der Waals surface area contributed by atoms with Crippen LogP contribution in [0.3, 0.4) is 0 Å². The van der Waals surface area contributed by atoms with E-state index in [1.165, 1.54) is 42.0 Å². The van der Waals surface area contributed by atoms with Crippen molar-refractivity contribution in [1.82, 2.24) is 9.88 Å². The molecule has 21 heavy (non-hydrogen) atoms. The number of amides is 1. The summed E-state index contributed by atoms with van der Waals surface area (Å²) in [6, 6.07) is 6.44. The number of piperidine rings is 1. The van der Waals surface area contributed by atoms with Crippen molar-refractivity contribution in [3.05, 3.63) is 29.6 Å². The Hall–Kier alpha value is -1.58. The van der Waals surface area contributed by atoms with Crippen molar-refractivity contribution in [1.29, 1.82) is 0 Å². The highest BCUT2D eigenvalue weighted by atomic mass is 16.4. The number of hydrogen-bond donors (Lipinski definition) is 1. The Balaban J connectivity index is 1.58. The van der Waals surface area contributed by atoms with Gasteiger partial charge in [-0.15, -0.1) is 0 Å². The average Bonchev–Trinajstić information content (AvgIpc) is 3.02. The monoisotopic (exact) mass is 288 g/mol. The molecule has 4 nitrogen and oxygen atoms in total. The van der Waals surface area contributed by atoms with E-state index in [9.17, 15) is 4.79 Å². The molecule has 1 aliphatic heterocycles. The first kappa shape index (κ1) is 14.4. The summed E-state index contributed by atoms with van der Waals surface area (Å²) in [4.78, 5) is 17.3. The van der Waals surface area contributed by atoms with Crippen LogP contribution >= 0.6 is 0 Å². The lowest BCUT2D eigenvalue weighted by Crippen LogP contribution is -2.37. The molecule has 1 saturated heterocycles. The summed E-state index contributed by atoms with van der Waals surface area (Å²) in [5, 5.41) is 8.99. The molecule has 1 amide bonds. The Bertz CT molecular complexity index is 489. The third kappa shape index (κ3) is 3.55. The molecule has 114 valence electrons. The summed E-state index contributed by atoms with van der Waals surface area (Å²) in [5.74, 6) is 1.24. The Morgan fingerprint density at radius 1 is 1.19 bits per heavy atom. The van der Waals surface area contributed by atoms with E-state index in [-0.39, 0.29) is 0 Å². The van der Waals surface area contributed by atoms with Crippen molar-refractivity contribution in [3.63, 3.8) is 0 Å². The first-order valence-corrected chi connectivity index (χ1v) is 8.16. The first-order valence-electron chi connectivity index (χ1n) is 8.16. The van der Waals surface area contributed by atoms with Crippen molar-refractivity contribution >= 4 is 6.09 Å². The maximum atomic E-state index is 10.9. The van der Waals surface area contributed by atoms with Crippen molar-refractivity contribution in [2.24, 2.45) is 5.92 Å². The van der Waals surface area contributed by atoms with Crippen molar-refractivity contribution in [2.75, 3.05) is 13.1 Å². The molecule has 4 heteroatoms. The molecule has 0 radical (unpaired) electrons. The van der Waals surface area contributed by atoms with Crippen LogP contribution in [-0.2, 0) is 6.42 Å². The van der Waals surface area contributed by atoms with Gasteiger partial charge in [-0.3, -0.25) is 4.98 Å². The maximum absolute atomic E-state index is 10.9. The van der Waals surface area contributed by atoms with Gasteiger partial charge in [0, 0.05) is 30.4 Å². The van der Waals surface area contributed by atoms with Crippen molar-refractivity contribution < 1.29 is 9.90 Å². The molecule has 2 aliphatic rings. The minimum Gasteiger partial charge on any atom is -0.465 e. The topological polar surface area (TPSA) is 53.4 Å². The van der Waals surface area contributed by atoms with E-state index in [1.54, 1.807) is 0 Å². The highest BCUT2D eigenvalue weighted by Gasteiger charge is 2.23. The van der Waals surface area contributed by atoms with Crippen molar-refractivity contribution in [3.8, 4) is 0 Å². The number of likely N-dealkylation sites (tertiary alicyclic amines) is 1. The van der Waals surface area contributed by atoms with Gasteiger partial charge in [-0.05, 0) is 50.2 Å². The normalized spacial score (nSPS) is 20.9. The van der Waals surface area contributed by atoms with E-state index in [0.717, 1.165) is 19.3 Å². The molecule has 0 spiro atoms. The second kappa shape index (κ2) is 6.46. The SMILES string of the molecule is O=C(O)N1CCC(Cc2cccc(C3CCCC3)n2)CC1. The maximum Gasteiger partial charge on any atom is 0.407 e. The predicted octanol–water partition coefficient (Wildman–Crippen LogP) is 3.67. The van der Waals surface area contributed by atoms with Gasteiger partial charge in [-0.25, -0.2) is 4.79 Å². The van der Waals surface area contributed by atoms with Crippen LogP contribution in [0.5, 0.6) is 0 Å². The van der Waals surface area contributed by atoms with Crippen molar-refractivity contribution in [2.45, 2.75) is 50.9 Å². The molecule has 1 aromatic rings. The number of nitrogens with zero attached hydrogens (tertiary/aromatic N) is 2. The zero-order valence-corrected chi connectivity index (χ0v) is 12.5. The number of carboxylic acid groups (broad SMARTS) is 1. The lowest BCUT2D eigenvalue weighted by molar-refractivity contribution is 0.124. The van der Waals surface area contributed by atoms with Crippen LogP contribution in [0.15, 0.2) is 18.2 Å². The standard InChI is InChI=1S/C17H24N2O2/c20-17(21)19-10-8-13(9-11-19)12-15-6-3-7-16(18-15)14-4-1-2-5-14/h3,6-7,13-14H,1-2,4-5,8-12H2,(H,20,21). The summed E-state index contributed by atoms with van der Waals surface area (Å²) >= 11 is 0. The molecule has 1 aromatic heterocycles. The molecular formula is C17H24N2O2. The third-order valence-corrected chi connectivity index (χ3v) is 4.98. The minimum absolute atomic E-state index is 0.576. The highest BCUT2D eigenvalue weighted by molar-refractivity contribution is 5.64. The molecule has 1 saturated carbocycles. The Morgan fingerprint density at radius 2 is 1.90 bits per heavy atom. The van der Waals surface area contributed by atoms with E-state index in [0.29, 0.717) is 24.9 Å². The van der Waals surface area contributed by atoms with Gasteiger partial charge in [0.2, 0.25) is 0 Å². The Labute approximate surface area is 126 Å². The first-order chi connectivity index (χ1) is 10.2. The van der Waals surface area contributed by atoms with Crippen LogP contribution in [0.25, 0.3) is 0 Å². The lowest BCUT2D eigenvalue weighted by atomic mass is 9.92. The number of rotatable bonds is 3. The summed E-state index contributed by atoms with van der Waals surface area (Å²) in [7, 11) is 0. The van der Waals surface area contributed by atoms with Gasteiger partial charge in [0.1, 0.15) is 0 Å². The van der Waals surface area contributed by atoms with Crippen LogP contribution < -0.4 is 0 Å². The fraction of sp³-hybridized carbons (Fsp3) is 0.647. The molecule has 1 aliphatic carbocycles. The fourth-order valence-corrected chi connectivity index (χ4v) is 3.68. The smallest absolute Gasteiger partial charge is 0.407 e. The molecule has 3 rings (SSSR count). The summed E-state index contributed by atoms with van der Waals surface area (Å²) in [6.45, 7) is 1.34. The molecule has 0 bridgehead atoms. The molecular weight excluding hydrogens is 264 g/mol. The molecule has 0 unspecified atom stereocenters. The number of pyridine rings is 1. The highest BCUT2D eigenvalue weighted by Crippen LogP contribution is 2.33. The van der Waals surface area contributed by atoms with Crippen LogP contribution in [0.1, 0.15) is 55.8 Å². The minimum atomic E-state index is -0.783. The van der Waals surface area contributed by atoms with E-state index in [4.69, 9.17) is 10.1 Å². The lowest BCUT2D eigenvalue weighted by Gasteiger charge is -2.29. The van der Waals surface area contributed by atoms with Gasteiger partial charge in [-0.2, -0.15) is 0 Å². The fourth-order valence-electron chi connectivity index (χ4n) is 3.68. The predicted molar refractivity (Wildman–Crippen MR) is 81.5 cm³/mol. The second-order valence-corrected chi connectivity index (χ2v) is 6.45. The van der Waals surface area contributed by atoms with Crippen LogP contribution in [-0.4, -0.2) is 34.2 Å². The quantitative estimate of drug-likeness (QED) is 0.923. The second-order valence-electron chi connectivity index (χ2n) is 6.45. The number of carbonyl (C=O) groups is 1. The summed E-state index contributed by atoms with van der Waals surface area (Å²) < 4.78 is 0. The van der Waals surface area contributed by atoms with Gasteiger partial charge in [0.15, 0.2) is 0 Å². The Kier molecular flexibility index (Phi) is 4.42.